The molecule has 0 spiro atoms. The molecule has 15 heavy (non-hydrogen) atoms. The quantitative estimate of drug-likeness (QED) is 0.845. The van der Waals surface area contributed by atoms with Crippen LogP contribution in [0.1, 0.15) is 5.56 Å². The van der Waals surface area contributed by atoms with E-state index in [1.54, 1.807) is 11.9 Å². The number of carbonyl (C=O) groups is 1. The Hall–Kier alpha value is -0.870. The number of methoxy groups -OCH3 is 1. The molecule has 0 N–H and O–H groups in total. The van der Waals surface area contributed by atoms with Crippen molar-refractivity contribution in [3.8, 4) is 0 Å². The molecule has 0 radical (unpaired) electrons. The van der Waals surface area contributed by atoms with Crippen molar-refractivity contribution in [1.29, 1.82) is 0 Å². The van der Waals surface area contributed by atoms with Crippen LogP contribution in [0, 0.1) is 6.92 Å². The minimum atomic E-state index is -0.0563. The predicted octanol–water partition coefficient (Wildman–Crippen LogP) is 2.37. The molecule has 0 atom stereocenters. The molecule has 0 aliphatic carbocycles. The average molecular weight is 272 g/mol. The van der Waals surface area contributed by atoms with Crippen LogP contribution in [0.3, 0.4) is 0 Å². The topological polar surface area (TPSA) is 29.5 Å². The lowest BCUT2D eigenvalue weighted by Gasteiger charge is -2.17. The first kappa shape index (κ1) is 12.2. The number of nitrogens with zero attached hydrogens (tertiary/aromatic N) is 1. The average Bonchev–Trinajstić information content (AvgIpc) is 2.21. The van der Waals surface area contributed by atoms with Gasteiger partial charge in [-0.2, -0.15) is 0 Å². The molecule has 0 aliphatic heterocycles. The van der Waals surface area contributed by atoms with Gasteiger partial charge in [0.1, 0.15) is 6.61 Å². The molecule has 1 aromatic carbocycles. The lowest BCUT2D eigenvalue weighted by Crippen LogP contribution is -2.29. The van der Waals surface area contributed by atoms with Crippen molar-refractivity contribution in [2.45, 2.75) is 6.92 Å². The van der Waals surface area contributed by atoms with Crippen molar-refractivity contribution in [1.82, 2.24) is 0 Å². The minimum Gasteiger partial charge on any atom is -0.375 e. The second kappa shape index (κ2) is 5.28. The molecule has 1 amide bonds. The van der Waals surface area contributed by atoms with Crippen molar-refractivity contribution in [3.63, 3.8) is 0 Å². The van der Waals surface area contributed by atoms with Gasteiger partial charge in [0.2, 0.25) is 0 Å². The Balaban J connectivity index is 2.86. The summed E-state index contributed by atoms with van der Waals surface area (Å²) in [6.07, 6.45) is 0. The van der Waals surface area contributed by atoms with Gasteiger partial charge in [0.25, 0.3) is 5.91 Å². The maximum absolute atomic E-state index is 11.5. The fourth-order valence-corrected chi connectivity index (χ4v) is 1.45. The molecule has 0 fully saturated rings. The summed E-state index contributed by atoms with van der Waals surface area (Å²) in [6, 6.07) is 5.78. The Kier molecular flexibility index (Phi) is 4.29. The number of aryl methyl sites for hydroxylation is 1. The second-order valence-electron chi connectivity index (χ2n) is 3.32. The molecular formula is C11H14BrNO2. The molecule has 82 valence electrons. The number of likely N-dealkylation sites (N-methyl/N-ethyl adjacent to an activating group) is 1. The normalized spacial score (nSPS) is 10.1. The van der Waals surface area contributed by atoms with Crippen molar-refractivity contribution in [2.75, 3.05) is 25.7 Å². The highest BCUT2D eigenvalue weighted by atomic mass is 79.9. The maximum atomic E-state index is 11.5. The van der Waals surface area contributed by atoms with Gasteiger partial charge < -0.3 is 9.64 Å². The van der Waals surface area contributed by atoms with Gasteiger partial charge in [0, 0.05) is 24.3 Å². The Morgan fingerprint density at radius 2 is 2.20 bits per heavy atom. The van der Waals surface area contributed by atoms with Gasteiger partial charge >= 0.3 is 0 Å². The number of hydrogen-bond donors (Lipinski definition) is 0. The number of rotatable bonds is 3. The molecule has 3 nitrogen and oxygen atoms in total. The number of carbonyl (C=O) groups excluding carboxylic acids is 1. The minimum absolute atomic E-state index is 0.0563. The van der Waals surface area contributed by atoms with Crippen molar-refractivity contribution < 1.29 is 9.53 Å². The zero-order valence-electron chi connectivity index (χ0n) is 9.08. The highest BCUT2D eigenvalue weighted by Gasteiger charge is 2.10. The van der Waals surface area contributed by atoms with Crippen LogP contribution in [-0.2, 0) is 9.53 Å². The van der Waals surface area contributed by atoms with E-state index in [1.807, 2.05) is 25.1 Å². The summed E-state index contributed by atoms with van der Waals surface area (Å²) < 4.78 is 5.84. The van der Waals surface area contributed by atoms with E-state index in [9.17, 15) is 4.79 Å². The molecular weight excluding hydrogens is 258 g/mol. The van der Waals surface area contributed by atoms with Gasteiger partial charge in [0.05, 0.1) is 0 Å². The Bertz CT molecular complexity index is 366. The van der Waals surface area contributed by atoms with Crippen LogP contribution >= 0.6 is 15.9 Å². The second-order valence-corrected chi connectivity index (χ2v) is 4.17. The van der Waals surface area contributed by atoms with Crippen LogP contribution in [0.25, 0.3) is 0 Å². The summed E-state index contributed by atoms with van der Waals surface area (Å²) in [6.45, 7) is 2.09. The first-order valence-corrected chi connectivity index (χ1v) is 5.37. The molecule has 0 unspecified atom stereocenters. The summed E-state index contributed by atoms with van der Waals surface area (Å²) in [4.78, 5) is 13.1. The van der Waals surface area contributed by atoms with E-state index >= 15 is 0 Å². The third-order valence-electron chi connectivity index (χ3n) is 2.17. The van der Waals surface area contributed by atoms with E-state index in [4.69, 9.17) is 4.74 Å². The van der Waals surface area contributed by atoms with E-state index in [1.165, 1.54) is 7.11 Å². The van der Waals surface area contributed by atoms with Crippen LogP contribution in [0.15, 0.2) is 22.7 Å². The molecule has 0 saturated heterocycles. The standard InChI is InChI=1S/C11H14BrNO2/c1-8-6-9(4-5-10(8)12)13(2)11(14)7-15-3/h4-6H,7H2,1-3H3. The molecule has 0 aromatic heterocycles. The smallest absolute Gasteiger partial charge is 0.252 e. The number of ether oxygens (including phenoxy) is 1. The van der Waals surface area contributed by atoms with Crippen LogP contribution in [0.4, 0.5) is 5.69 Å². The molecule has 0 saturated carbocycles. The maximum Gasteiger partial charge on any atom is 0.252 e. The van der Waals surface area contributed by atoms with Gasteiger partial charge in [-0.05, 0) is 30.7 Å². The van der Waals surface area contributed by atoms with Gasteiger partial charge in [-0.15, -0.1) is 0 Å². The first-order chi connectivity index (χ1) is 7.06. The third kappa shape index (κ3) is 3.04. The van der Waals surface area contributed by atoms with Gasteiger partial charge in [0.15, 0.2) is 0 Å². The fourth-order valence-electron chi connectivity index (χ4n) is 1.20. The van der Waals surface area contributed by atoms with E-state index in [0.29, 0.717) is 0 Å². The van der Waals surface area contributed by atoms with Crippen LogP contribution in [0.2, 0.25) is 0 Å². The highest BCUT2D eigenvalue weighted by Crippen LogP contribution is 2.22. The van der Waals surface area contributed by atoms with E-state index in [0.717, 1.165) is 15.7 Å². The van der Waals surface area contributed by atoms with Crippen molar-refractivity contribution in [3.05, 3.63) is 28.2 Å². The Morgan fingerprint density at radius 1 is 1.53 bits per heavy atom. The summed E-state index contributed by atoms with van der Waals surface area (Å²) in [5, 5.41) is 0. The van der Waals surface area contributed by atoms with E-state index in [-0.39, 0.29) is 12.5 Å². The summed E-state index contributed by atoms with van der Waals surface area (Å²) in [5.74, 6) is -0.0563. The van der Waals surface area contributed by atoms with Crippen molar-refractivity contribution >= 4 is 27.5 Å². The van der Waals surface area contributed by atoms with Crippen LogP contribution < -0.4 is 4.90 Å². The monoisotopic (exact) mass is 271 g/mol. The summed E-state index contributed by atoms with van der Waals surface area (Å²) in [5.41, 5.74) is 1.97. The molecule has 0 aliphatic rings. The molecule has 1 aromatic rings. The van der Waals surface area contributed by atoms with Gasteiger partial charge in [-0.1, -0.05) is 15.9 Å². The number of hydrogen-bond acceptors (Lipinski definition) is 2. The zero-order chi connectivity index (χ0) is 11.4. The number of anilines is 1. The Morgan fingerprint density at radius 3 is 2.73 bits per heavy atom. The molecule has 4 heteroatoms. The summed E-state index contributed by atoms with van der Waals surface area (Å²) in [7, 11) is 3.25. The number of amides is 1. The first-order valence-electron chi connectivity index (χ1n) is 4.58. The highest BCUT2D eigenvalue weighted by molar-refractivity contribution is 9.10. The van der Waals surface area contributed by atoms with Crippen LogP contribution in [0.5, 0.6) is 0 Å². The zero-order valence-corrected chi connectivity index (χ0v) is 10.7. The van der Waals surface area contributed by atoms with Gasteiger partial charge in [-0.25, -0.2) is 0 Å². The number of halogens is 1. The van der Waals surface area contributed by atoms with Crippen molar-refractivity contribution in [2.24, 2.45) is 0 Å². The van der Waals surface area contributed by atoms with Gasteiger partial charge in [-0.3, -0.25) is 4.79 Å². The largest absolute Gasteiger partial charge is 0.375 e. The van der Waals surface area contributed by atoms with E-state index < -0.39 is 0 Å². The SMILES string of the molecule is COCC(=O)N(C)c1ccc(Br)c(C)c1. The summed E-state index contributed by atoms with van der Waals surface area (Å²) >= 11 is 3.42. The van der Waals surface area contributed by atoms with Crippen LogP contribution in [-0.4, -0.2) is 26.7 Å². The molecule has 0 bridgehead atoms. The Labute approximate surface area is 98.2 Å². The molecule has 0 heterocycles. The predicted molar refractivity (Wildman–Crippen MR) is 64.2 cm³/mol. The number of benzene rings is 1. The molecule has 1 rings (SSSR count). The third-order valence-corrected chi connectivity index (χ3v) is 3.06. The fraction of sp³-hybridized carbons (Fsp3) is 0.364. The lowest BCUT2D eigenvalue weighted by molar-refractivity contribution is -0.121. The lowest BCUT2D eigenvalue weighted by atomic mass is 10.2. The van der Waals surface area contributed by atoms with E-state index in [2.05, 4.69) is 15.9 Å².